The summed E-state index contributed by atoms with van der Waals surface area (Å²) in [4.78, 5) is 37.1. The van der Waals surface area contributed by atoms with E-state index in [9.17, 15) is 14.4 Å². The van der Waals surface area contributed by atoms with E-state index >= 15 is 0 Å². The van der Waals surface area contributed by atoms with Gasteiger partial charge < -0.3 is 15.4 Å². The standard InChI is InChI=1S/C22H23N3O4/c1-3-11-23-20-6-4-5-17(12-21(20)27)16-7-9-18(10-8-16)25-14-19(29-22(25)28)13-24-15(2)26/h3-10,12,19H,1,11,13-14H2,2H3,(H,23,27)(H,24,26). The van der Waals surface area contributed by atoms with E-state index in [-0.39, 0.29) is 24.0 Å². The van der Waals surface area contributed by atoms with Crippen LogP contribution in [0.25, 0.3) is 11.1 Å². The van der Waals surface area contributed by atoms with E-state index in [1.807, 2.05) is 36.4 Å². The third kappa shape index (κ3) is 5.01. The van der Waals surface area contributed by atoms with Gasteiger partial charge in [0.1, 0.15) is 6.10 Å². The summed E-state index contributed by atoms with van der Waals surface area (Å²) in [5, 5.41) is 5.67. The van der Waals surface area contributed by atoms with Gasteiger partial charge >= 0.3 is 6.09 Å². The van der Waals surface area contributed by atoms with E-state index in [0.29, 0.717) is 24.5 Å². The summed E-state index contributed by atoms with van der Waals surface area (Å²) in [6, 6.07) is 14.3. The van der Waals surface area contributed by atoms with Crippen LogP contribution in [0.5, 0.6) is 0 Å². The maximum Gasteiger partial charge on any atom is 0.414 e. The highest BCUT2D eigenvalue weighted by atomic mass is 16.6. The fraction of sp³-hybridized carbons (Fsp3) is 0.227. The SMILES string of the molecule is C=CCNc1cccc(-c2ccc(N3CC(CNC(C)=O)OC3=O)cc2)cc1=O. The predicted molar refractivity (Wildman–Crippen MR) is 113 cm³/mol. The molecule has 7 heteroatoms. The Morgan fingerprint density at radius 1 is 1.21 bits per heavy atom. The van der Waals surface area contributed by atoms with Crippen LogP contribution in [-0.4, -0.2) is 37.7 Å². The molecule has 1 unspecified atom stereocenters. The summed E-state index contributed by atoms with van der Waals surface area (Å²) in [6.45, 7) is 6.21. The lowest BCUT2D eigenvalue weighted by Gasteiger charge is -2.13. The van der Waals surface area contributed by atoms with Crippen LogP contribution in [-0.2, 0) is 9.53 Å². The highest BCUT2D eigenvalue weighted by molar-refractivity contribution is 5.90. The number of ether oxygens (including phenoxy) is 1. The molecule has 3 rings (SSSR count). The molecule has 0 spiro atoms. The summed E-state index contributed by atoms with van der Waals surface area (Å²) < 4.78 is 5.28. The van der Waals surface area contributed by atoms with Gasteiger partial charge in [-0.3, -0.25) is 14.5 Å². The molecule has 1 atom stereocenters. The molecule has 1 aliphatic rings. The van der Waals surface area contributed by atoms with Crippen LogP contribution in [0, 0.1) is 0 Å². The van der Waals surface area contributed by atoms with E-state index in [4.69, 9.17) is 4.74 Å². The molecule has 1 aliphatic heterocycles. The van der Waals surface area contributed by atoms with Crippen molar-refractivity contribution in [3.05, 3.63) is 71.4 Å². The number of hydrogen-bond donors (Lipinski definition) is 2. The maximum atomic E-state index is 12.4. The summed E-state index contributed by atoms with van der Waals surface area (Å²) in [5.74, 6) is -0.166. The maximum absolute atomic E-state index is 12.4. The molecule has 1 fully saturated rings. The first kappa shape index (κ1) is 20.1. The van der Waals surface area contributed by atoms with Gasteiger partial charge in [0.25, 0.3) is 0 Å². The summed E-state index contributed by atoms with van der Waals surface area (Å²) in [7, 11) is 0. The number of nitrogens with zero attached hydrogens (tertiary/aromatic N) is 1. The number of benzene rings is 1. The van der Waals surface area contributed by atoms with E-state index in [1.165, 1.54) is 11.8 Å². The first-order chi connectivity index (χ1) is 14.0. The van der Waals surface area contributed by atoms with Crippen LogP contribution < -0.4 is 21.0 Å². The lowest BCUT2D eigenvalue weighted by atomic mass is 10.1. The second kappa shape index (κ2) is 9.05. The Morgan fingerprint density at radius 2 is 1.97 bits per heavy atom. The molecule has 2 aromatic carbocycles. The second-order valence-electron chi connectivity index (χ2n) is 6.67. The number of nitrogens with one attached hydrogen (secondary N) is 2. The number of anilines is 2. The summed E-state index contributed by atoms with van der Waals surface area (Å²) in [5.41, 5.74) is 2.73. The van der Waals surface area contributed by atoms with Crippen LogP contribution in [0.4, 0.5) is 16.2 Å². The third-order valence-electron chi connectivity index (χ3n) is 4.49. The molecule has 7 nitrogen and oxygen atoms in total. The van der Waals surface area contributed by atoms with Gasteiger partial charge in [-0.1, -0.05) is 30.3 Å². The Morgan fingerprint density at radius 3 is 2.66 bits per heavy atom. The smallest absolute Gasteiger partial charge is 0.414 e. The minimum atomic E-state index is -0.445. The first-order valence-corrected chi connectivity index (χ1v) is 9.30. The van der Waals surface area contributed by atoms with Crippen LogP contribution in [0.3, 0.4) is 0 Å². The lowest BCUT2D eigenvalue weighted by Crippen LogP contribution is -2.33. The quantitative estimate of drug-likeness (QED) is 0.707. The number of amides is 2. The monoisotopic (exact) mass is 393 g/mol. The third-order valence-corrected chi connectivity index (χ3v) is 4.49. The zero-order valence-electron chi connectivity index (χ0n) is 16.2. The van der Waals surface area contributed by atoms with Crippen molar-refractivity contribution in [3.8, 4) is 11.1 Å². The van der Waals surface area contributed by atoms with Crippen molar-refractivity contribution in [2.45, 2.75) is 13.0 Å². The van der Waals surface area contributed by atoms with Gasteiger partial charge in [-0.25, -0.2) is 4.79 Å². The molecule has 0 bridgehead atoms. The van der Waals surface area contributed by atoms with Crippen molar-refractivity contribution in [2.75, 3.05) is 29.9 Å². The number of rotatable bonds is 7. The van der Waals surface area contributed by atoms with E-state index in [2.05, 4.69) is 17.2 Å². The van der Waals surface area contributed by atoms with E-state index in [0.717, 1.165) is 11.1 Å². The van der Waals surface area contributed by atoms with Gasteiger partial charge in [-0.2, -0.15) is 0 Å². The average Bonchev–Trinajstić information content (AvgIpc) is 2.98. The van der Waals surface area contributed by atoms with Gasteiger partial charge in [-0.05, 0) is 35.4 Å². The Labute approximate surface area is 169 Å². The molecule has 150 valence electrons. The number of carbonyl (C=O) groups is 2. The fourth-order valence-electron chi connectivity index (χ4n) is 3.04. The van der Waals surface area contributed by atoms with Gasteiger partial charge in [0.2, 0.25) is 11.3 Å². The minimum Gasteiger partial charge on any atom is -0.442 e. The molecule has 2 amide bonds. The largest absolute Gasteiger partial charge is 0.442 e. The van der Waals surface area contributed by atoms with Gasteiger partial charge in [0, 0.05) is 19.2 Å². The molecule has 1 saturated heterocycles. The topological polar surface area (TPSA) is 87.7 Å². The highest BCUT2D eigenvalue weighted by Crippen LogP contribution is 2.25. The van der Waals surface area contributed by atoms with Crippen molar-refractivity contribution < 1.29 is 14.3 Å². The van der Waals surface area contributed by atoms with Crippen LogP contribution in [0.2, 0.25) is 0 Å². The molecule has 1 heterocycles. The van der Waals surface area contributed by atoms with Crippen molar-refractivity contribution >= 4 is 23.4 Å². The Bertz CT molecular complexity index is 972. The number of hydrogen-bond acceptors (Lipinski definition) is 5. The Hall–Kier alpha value is -3.61. The van der Waals surface area contributed by atoms with Crippen molar-refractivity contribution in [3.63, 3.8) is 0 Å². The van der Waals surface area contributed by atoms with Crippen molar-refractivity contribution in [1.29, 1.82) is 0 Å². The van der Waals surface area contributed by atoms with Crippen LogP contribution >= 0.6 is 0 Å². The predicted octanol–water partition coefficient (Wildman–Crippen LogP) is 2.77. The molecule has 0 saturated carbocycles. The molecular formula is C22H23N3O4. The minimum absolute atomic E-state index is 0.111. The summed E-state index contributed by atoms with van der Waals surface area (Å²) >= 11 is 0. The Kier molecular flexibility index (Phi) is 6.29. The van der Waals surface area contributed by atoms with Gasteiger partial charge in [-0.15, -0.1) is 6.58 Å². The number of cyclic esters (lactones) is 1. The normalized spacial score (nSPS) is 15.6. The molecular weight excluding hydrogens is 370 g/mol. The first-order valence-electron chi connectivity index (χ1n) is 9.30. The fourth-order valence-corrected chi connectivity index (χ4v) is 3.04. The lowest BCUT2D eigenvalue weighted by molar-refractivity contribution is -0.119. The second-order valence-corrected chi connectivity index (χ2v) is 6.67. The van der Waals surface area contributed by atoms with E-state index in [1.54, 1.807) is 18.2 Å². The molecule has 0 aliphatic carbocycles. The average molecular weight is 393 g/mol. The van der Waals surface area contributed by atoms with Gasteiger partial charge in [0.15, 0.2) is 0 Å². The van der Waals surface area contributed by atoms with Crippen LogP contribution in [0.15, 0.2) is 66.0 Å². The van der Waals surface area contributed by atoms with Crippen molar-refractivity contribution in [2.24, 2.45) is 0 Å². The van der Waals surface area contributed by atoms with Crippen LogP contribution in [0.1, 0.15) is 6.92 Å². The molecule has 2 aromatic rings. The Balaban J connectivity index is 1.75. The summed E-state index contributed by atoms with van der Waals surface area (Å²) in [6.07, 6.45) is 0.860. The molecule has 0 aromatic heterocycles. The molecule has 0 radical (unpaired) electrons. The molecule has 2 N–H and O–H groups in total. The highest BCUT2D eigenvalue weighted by Gasteiger charge is 2.32. The zero-order chi connectivity index (χ0) is 20.8. The van der Waals surface area contributed by atoms with Crippen molar-refractivity contribution in [1.82, 2.24) is 5.32 Å². The van der Waals surface area contributed by atoms with Gasteiger partial charge in [0.05, 0.1) is 18.8 Å². The zero-order valence-corrected chi connectivity index (χ0v) is 16.2. The number of carbonyl (C=O) groups excluding carboxylic acids is 2. The molecule has 29 heavy (non-hydrogen) atoms. The van der Waals surface area contributed by atoms with E-state index < -0.39 is 6.09 Å².